The van der Waals surface area contributed by atoms with E-state index in [0.29, 0.717) is 18.0 Å². The first-order chi connectivity index (χ1) is 13.3. The van der Waals surface area contributed by atoms with Crippen molar-refractivity contribution < 1.29 is 9.53 Å². The minimum atomic E-state index is -0.0366. The first-order valence-corrected chi connectivity index (χ1v) is 9.15. The van der Waals surface area contributed by atoms with Crippen molar-refractivity contribution in [3.05, 3.63) is 66.1 Å². The molecule has 4 rings (SSSR count). The van der Waals surface area contributed by atoms with Crippen LogP contribution < -0.4 is 4.74 Å². The van der Waals surface area contributed by atoms with Gasteiger partial charge in [0.15, 0.2) is 0 Å². The number of likely N-dealkylation sites (tertiary alicyclic amines) is 1. The molecule has 1 saturated heterocycles. The highest BCUT2D eigenvalue weighted by molar-refractivity contribution is 5.96. The van der Waals surface area contributed by atoms with Gasteiger partial charge in [-0.05, 0) is 30.5 Å². The van der Waals surface area contributed by atoms with Crippen molar-refractivity contribution in [1.82, 2.24) is 20.1 Å². The zero-order valence-electron chi connectivity index (χ0n) is 15.3. The molecule has 138 valence electrons. The SMILES string of the molecule is COc1ncccc1C(=O)N1CCC[C@@H](c2[nH]ncc2-c2ccccc2)C1. The summed E-state index contributed by atoms with van der Waals surface area (Å²) >= 11 is 0. The molecule has 1 amide bonds. The van der Waals surface area contributed by atoms with Crippen LogP contribution in [0.1, 0.15) is 34.8 Å². The number of piperidine rings is 1. The van der Waals surface area contributed by atoms with Crippen LogP contribution in [0.3, 0.4) is 0 Å². The van der Waals surface area contributed by atoms with Gasteiger partial charge in [-0.2, -0.15) is 5.10 Å². The summed E-state index contributed by atoms with van der Waals surface area (Å²) < 4.78 is 5.26. The second-order valence-corrected chi connectivity index (χ2v) is 6.71. The molecule has 2 aromatic heterocycles. The Morgan fingerprint density at radius 3 is 2.89 bits per heavy atom. The molecule has 1 aliphatic rings. The monoisotopic (exact) mass is 362 g/mol. The molecule has 1 fully saturated rings. The number of amides is 1. The van der Waals surface area contributed by atoms with Gasteiger partial charge in [0.05, 0.1) is 13.3 Å². The zero-order valence-corrected chi connectivity index (χ0v) is 15.3. The Morgan fingerprint density at radius 2 is 2.07 bits per heavy atom. The van der Waals surface area contributed by atoms with E-state index in [1.807, 2.05) is 29.3 Å². The van der Waals surface area contributed by atoms with Crippen molar-refractivity contribution in [1.29, 1.82) is 0 Å². The summed E-state index contributed by atoms with van der Waals surface area (Å²) in [4.78, 5) is 19.1. The minimum Gasteiger partial charge on any atom is -0.480 e. The second kappa shape index (κ2) is 7.61. The number of carbonyl (C=O) groups is 1. The summed E-state index contributed by atoms with van der Waals surface area (Å²) in [6.07, 6.45) is 5.48. The van der Waals surface area contributed by atoms with Gasteiger partial charge >= 0.3 is 0 Å². The number of nitrogens with zero attached hydrogens (tertiary/aromatic N) is 3. The van der Waals surface area contributed by atoms with Gasteiger partial charge in [-0.15, -0.1) is 0 Å². The van der Waals surface area contributed by atoms with Crippen molar-refractivity contribution in [2.24, 2.45) is 0 Å². The second-order valence-electron chi connectivity index (χ2n) is 6.71. The number of carbonyl (C=O) groups excluding carboxylic acids is 1. The van der Waals surface area contributed by atoms with Crippen LogP contribution in [0, 0.1) is 0 Å². The largest absolute Gasteiger partial charge is 0.480 e. The average molecular weight is 362 g/mol. The van der Waals surface area contributed by atoms with E-state index in [1.165, 1.54) is 7.11 Å². The lowest BCUT2D eigenvalue weighted by atomic mass is 9.90. The topological polar surface area (TPSA) is 71.1 Å². The lowest BCUT2D eigenvalue weighted by molar-refractivity contribution is 0.0701. The van der Waals surface area contributed by atoms with Crippen LogP contribution in [-0.4, -0.2) is 46.2 Å². The highest BCUT2D eigenvalue weighted by Gasteiger charge is 2.29. The van der Waals surface area contributed by atoms with Gasteiger partial charge in [-0.3, -0.25) is 9.89 Å². The molecule has 0 unspecified atom stereocenters. The molecule has 0 aliphatic carbocycles. The third-order valence-electron chi connectivity index (χ3n) is 5.07. The van der Waals surface area contributed by atoms with E-state index >= 15 is 0 Å². The van der Waals surface area contributed by atoms with Crippen LogP contribution in [0.4, 0.5) is 0 Å². The summed E-state index contributed by atoms with van der Waals surface area (Å²) in [6, 6.07) is 13.8. The van der Waals surface area contributed by atoms with E-state index in [9.17, 15) is 4.79 Å². The van der Waals surface area contributed by atoms with Gasteiger partial charge in [0.2, 0.25) is 5.88 Å². The maximum Gasteiger partial charge on any atom is 0.259 e. The fourth-order valence-corrected chi connectivity index (χ4v) is 3.74. The predicted molar refractivity (Wildman–Crippen MR) is 103 cm³/mol. The third kappa shape index (κ3) is 3.43. The third-order valence-corrected chi connectivity index (χ3v) is 5.07. The van der Waals surface area contributed by atoms with Crippen molar-refractivity contribution in [3.8, 4) is 17.0 Å². The molecule has 0 radical (unpaired) electrons. The number of pyridine rings is 1. The Morgan fingerprint density at radius 1 is 1.22 bits per heavy atom. The van der Waals surface area contributed by atoms with Crippen LogP contribution >= 0.6 is 0 Å². The minimum absolute atomic E-state index is 0.0366. The summed E-state index contributed by atoms with van der Waals surface area (Å²) in [5, 5.41) is 7.44. The number of aromatic nitrogens is 3. The molecule has 0 saturated carbocycles. The molecule has 0 bridgehead atoms. The van der Waals surface area contributed by atoms with Crippen LogP contribution in [0.5, 0.6) is 5.88 Å². The van der Waals surface area contributed by atoms with Gasteiger partial charge in [0, 0.05) is 36.5 Å². The Labute approximate surface area is 158 Å². The number of aromatic amines is 1. The first kappa shape index (κ1) is 17.3. The van der Waals surface area contributed by atoms with Crippen LogP contribution in [0.25, 0.3) is 11.1 Å². The normalized spacial score (nSPS) is 16.9. The van der Waals surface area contributed by atoms with Crippen LogP contribution in [-0.2, 0) is 0 Å². The molecule has 6 heteroatoms. The van der Waals surface area contributed by atoms with Crippen LogP contribution in [0.2, 0.25) is 0 Å². The molecule has 1 N–H and O–H groups in total. The molecule has 1 aromatic carbocycles. The summed E-state index contributed by atoms with van der Waals surface area (Å²) in [5.41, 5.74) is 3.85. The number of hydrogen-bond donors (Lipinski definition) is 1. The quantitative estimate of drug-likeness (QED) is 0.771. The smallest absolute Gasteiger partial charge is 0.259 e. The summed E-state index contributed by atoms with van der Waals surface area (Å²) in [6.45, 7) is 1.39. The molecule has 1 aliphatic heterocycles. The fraction of sp³-hybridized carbons (Fsp3) is 0.286. The number of hydrogen-bond acceptors (Lipinski definition) is 4. The number of ether oxygens (including phenoxy) is 1. The number of rotatable bonds is 4. The Kier molecular flexibility index (Phi) is 4.87. The van der Waals surface area contributed by atoms with E-state index < -0.39 is 0 Å². The van der Waals surface area contributed by atoms with E-state index in [-0.39, 0.29) is 11.8 Å². The molecule has 6 nitrogen and oxygen atoms in total. The number of methoxy groups -OCH3 is 1. The standard InChI is InChI=1S/C21H22N4O2/c1-27-20-17(10-5-11-22-20)21(26)25-12-6-9-16(14-25)19-18(13-23-24-19)15-7-3-2-4-8-15/h2-5,7-8,10-11,13,16H,6,9,12,14H2,1H3,(H,23,24)/t16-/m1/s1. The van der Waals surface area contributed by atoms with E-state index in [2.05, 4.69) is 27.3 Å². The molecular weight excluding hydrogens is 340 g/mol. The molecular formula is C21H22N4O2. The highest BCUT2D eigenvalue weighted by Crippen LogP contribution is 2.33. The summed E-state index contributed by atoms with van der Waals surface area (Å²) in [5.74, 6) is 0.560. The molecule has 3 heterocycles. The van der Waals surface area contributed by atoms with E-state index in [0.717, 1.165) is 36.2 Å². The number of H-pyrrole nitrogens is 1. The van der Waals surface area contributed by atoms with Crippen molar-refractivity contribution in [2.75, 3.05) is 20.2 Å². The maximum atomic E-state index is 13.0. The predicted octanol–water partition coefficient (Wildman–Crippen LogP) is 3.50. The van der Waals surface area contributed by atoms with Crippen molar-refractivity contribution in [2.45, 2.75) is 18.8 Å². The molecule has 1 atom stereocenters. The van der Waals surface area contributed by atoms with Gasteiger partial charge in [0.25, 0.3) is 5.91 Å². The van der Waals surface area contributed by atoms with Crippen molar-refractivity contribution >= 4 is 5.91 Å². The lowest BCUT2D eigenvalue weighted by Gasteiger charge is -2.33. The van der Waals surface area contributed by atoms with Gasteiger partial charge in [-0.25, -0.2) is 4.98 Å². The van der Waals surface area contributed by atoms with Gasteiger partial charge in [-0.1, -0.05) is 30.3 Å². The average Bonchev–Trinajstić information content (AvgIpc) is 3.24. The summed E-state index contributed by atoms with van der Waals surface area (Å²) in [7, 11) is 1.54. The Hall–Kier alpha value is -3.15. The van der Waals surface area contributed by atoms with Crippen molar-refractivity contribution in [3.63, 3.8) is 0 Å². The molecule has 3 aromatic rings. The maximum absolute atomic E-state index is 13.0. The Balaban J connectivity index is 1.58. The number of nitrogens with one attached hydrogen (secondary N) is 1. The Bertz CT molecular complexity index is 923. The van der Waals surface area contributed by atoms with Gasteiger partial charge in [0.1, 0.15) is 5.56 Å². The van der Waals surface area contributed by atoms with E-state index in [4.69, 9.17) is 4.74 Å². The number of benzene rings is 1. The van der Waals surface area contributed by atoms with Gasteiger partial charge < -0.3 is 9.64 Å². The molecule has 27 heavy (non-hydrogen) atoms. The lowest BCUT2D eigenvalue weighted by Crippen LogP contribution is -2.39. The fourth-order valence-electron chi connectivity index (χ4n) is 3.74. The van der Waals surface area contributed by atoms with E-state index in [1.54, 1.807) is 18.3 Å². The van der Waals surface area contributed by atoms with Crippen LogP contribution in [0.15, 0.2) is 54.9 Å². The first-order valence-electron chi connectivity index (χ1n) is 9.15. The zero-order chi connectivity index (χ0) is 18.6. The highest BCUT2D eigenvalue weighted by atomic mass is 16.5. The molecule has 0 spiro atoms.